The summed E-state index contributed by atoms with van der Waals surface area (Å²) in [6, 6.07) is 6.81. The van der Waals surface area contributed by atoms with E-state index >= 15 is 0 Å². The van der Waals surface area contributed by atoms with Crippen LogP contribution in [0.3, 0.4) is 0 Å². The molecule has 0 saturated carbocycles. The zero-order chi connectivity index (χ0) is 14.7. The summed E-state index contributed by atoms with van der Waals surface area (Å²) < 4.78 is 10.6. The zero-order valence-corrected chi connectivity index (χ0v) is 11.8. The summed E-state index contributed by atoms with van der Waals surface area (Å²) in [4.78, 5) is 12.1. The van der Waals surface area contributed by atoms with Crippen molar-refractivity contribution in [3.63, 3.8) is 0 Å². The van der Waals surface area contributed by atoms with Crippen LogP contribution in [0.15, 0.2) is 28.7 Å². The maximum absolute atomic E-state index is 12.1. The Balaban J connectivity index is 2.22. The lowest BCUT2D eigenvalue weighted by molar-refractivity contribution is 0.0995. The molecule has 0 spiro atoms. The molecule has 0 saturated heterocycles. The molecule has 0 radical (unpaired) electrons. The molecule has 0 fully saturated rings. The van der Waals surface area contributed by atoms with E-state index in [1.807, 2.05) is 13.8 Å². The van der Waals surface area contributed by atoms with E-state index in [0.29, 0.717) is 17.1 Å². The molecule has 0 aliphatic carbocycles. The third-order valence-corrected chi connectivity index (χ3v) is 3.07. The number of methoxy groups -OCH3 is 1. The van der Waals surface area contributed by atoms with Gasteiger partial charge in [0.05, 0.1) is 18.5 Å². The second-order valence-electron chi connectivity index (χ2n) is 4.48. The summed E-state index contributed by atoms with van der Waals surface area (Å²) in [5.41, 5.74) is 7.77. The zero-order valence-electron chi connectivity index (χ0n) is 11.8. The predicted molar refractivity (Wildman–Crippen MR) is 78.2 cm³/mol. The standard InChI is InChI=1S/C15H18N2O3/c1-4-13-9(2)7-14(20-13)15(18)17-12-8-10(19-3)5-6-11(12)16/h5-8H,4,16H2,1-3H3,(H,17,18). The van der Waals surface area contributed by atoms with Gasteiger partial charge in [-0.25, -0.2) is 0 Å². The Morgan fingerprint density at radius 2 is 2.15 bits per heavy atom. The lowest BCUT2D eigenvalue weighted by Crippen LogP contribution is -2.12. The molecule has 0 atom stereocenters. The average Bonchev–Trinajstić information content (AvgIpc) is 2.82. The fourth-order valence-corrected chi connectivity index (χ4v) is 1.94. The minimum absolute atomic E-state index is 0.279. The summed E-state index contributed by atoms with van der Waals surface area (Å²) in [7, 11) is 1.56. The highest BCUT2D eigenvalue weighted by molar-refractivity contribution is 6.04. The van der Waals surface area contributed by atoms with Crippen LogP contribution in [0.5, 0.6) is 5.75 Å². The molecule has 106 valence electrons. The first-order chi connectivity index (χ1) is 9.55. The number of hydrogen-bond donors (Lipinski definition) is 2. The predicted octanol–water partition coefficient (Wildman–Crippen LogP) is 2.99. The Hall–Kier alpha value is -2.43. The van der Waals surface area contributed by atoms with Crippen molar-refractivity contribution in [1.29, 1.82) is 0 Å². The molecule has 5 nitrogen and oxygen atoms in total. The molecule has 0 bridgehead atoms. The third kappa shape index (κ3) is 2.77. The van der Waals surface area contributed by atoms with Crippen molar-refractivity contribution in [1.82, 2.24) is 0 Å². The van der Waals surface area contributed by atoms with E-state index in [0.717, 1.165) is 17.7 Å². The topological polar surface area (TPSA) is 77.5 Å². The van der Waals surface area contributed by atoms with Crippen molar-refractivity contribution in [2.24, 2.45) is 0 Å². The molecule has 20 heavy (non-hydrogen) atoms. The minimum Gasteiger partial charge on any atom is -0.497 e. The molecule has 5 heteroatoms. The molecule has 2 aromatic rings. The van der Waals surface area contributed by atoms with Crippen LogP contribution in [0.25, 0.3) is 0 Å². The van der Waals surface area contributed by atoms with Crippen molar-refractivity contribution in [2.45, 2.75) is 20.3 Å². The smallest absolute Gasteiger partial charge is 0.291 e. The summed E-state index contributed by atoms with van der Waals surface area (Å²) in [6.45, 7) is 3.90. The number of ether oxygens (including phenoxy) is 1. The number of amides is 1. The van der Waals surface area contributed by atoms with E-state index in [-0.39, 0.29) is 11.7 Å². The maximum Gasteiger partial charge on any atom is 0.291 e. The van der Waals surface area contributed by atoms with E-state index < -0.39 is 0 Å². The van der Waals surface area contributed by atoms with Gasteiger partial charge in [-0.3, -0.25) is 4.79 Å². The van der Waals surface area contributed by atoms with Gasteiger partial charge in [0, 0.05) is 12.5 Å². The van der Waals surface area contributed by atoms with Crippen molar-refractivity contribution >= 4 is 17.3 Å². The Morgan fingerprint density at radius 3 is 2.75 bits per heavy atom. The van der Waals surface area contributed by atoms with Crippen LogP contribution in [0, 0.1) is 6.92 Å². The largest absolute Gasteiger partial charge is 0.497 e. The molecule has 1 heterocycles. The lowest BCUT2D eigenvalue weighted by Gasteiger charge is -2.08. The fraction of sp³-hybridized carbons (Fsp3) is 0.267. The van der Waals surface area contributed by atoms with Crippen LogP contribution in [0.2, 0.25) is 0 Å². The molecular formula is C15H18N2O3. The highest BCUT2D eigenvalue weighted by Crippen LogP contribution is 2.25. The van der Waals surface area contributed by atoms with Crippen LogP contribution < -0.4 is 15.8 Å². The summed E-state index contributed by atoms with van der Waals surface area (Å²) in [5.74, 6) is 1.39. The SMILES string of the molecule is CCc1oc(C(=O)Nc2cc(OC)ccc2N)cc1C. The number of nitrogen functional groups attached to an aromatic ring is 1. The van der Waals surface area contributed by atoms with E-state index in [1.54, 1.807) is 31.4 Å². The number of benzene rings is 1. The third-order valence-electron chi connectivity index (χ3n) is 3.07. The molecule has 1 aromatic carbocycles. The number of furan rings is 1. The van der Waals surface area contributed by atoms with Crippen LogP contribution in [-0.4, -0.2) is 13.0 Å². The van der Waals surface area contributed by atoms with Gasteiger partial charge in [-0.15, -0.1) is 0 Å². The van der Waals surface area contributed by atoms with Gasteiger partial charge in [0.25, 0.3) is 5.91 Å². The number of carbonyl (C=O) groups excluding carboxylic acids is 1. The first-order valence-electron chi connectivity index (χ1n) is 6.39. The lowest BCUT2D eigenvalue weighted by atomic mass is 10.2. The van der Waals surface area contributed by atoms with Gasteiger partial charge in [0.15, 0.2) is 5.76 Å². The van der Waals surface area contributed by atoms with Crippen molar-refractivity contribution in [3.8, 4) is 5.75 Å². The van der Waals surface area contributed by atoms with Crippen LogP contribution >= 0.6 is 0 Å². The van der Waals surface area contributed by atoms with E-state index in [1.165, 1.54) is 0 Å². The van der Waals surface area contributed by atoms with Gasteiger partial charge in [-0.1, -0.05) is 6.92 Å². The second kappa shape index (κ2) is 5.69. The molecule has 0 aliphatic heterocycles. The molecular weight excluding hydrogens is 256 g/mol. The number of rotatable bonds is 4. The van der Waals surface area contributed by atoms with Crippen LogP contribution in [0.4, 0.5) is 11.4 Å². The van der Waals surface area contributed by atoms with Gasteiger partial charge in [0.1, 0.15) is 11.5 Å². The van der Waals surface area contributed by atoms with Crippen LogP contribution in [0.1, 0.15) is 28.8 Å². The first-order valence-corrected chi connectivity index (χ1v) is 6.39. The monoisotopic (exact) mass is 274 g/mol. The van der Waals surface area contributed by atoms with Crippen molar-refractivity contribution in [3.05, 3.63) is 41.3 Å². The minimum atomic E-state index is -0.326. The van der Waals surface area contributed by atoms with E-state index in [2.05, 4.69) is 5.32 Å². The molecule has 1 amide bonds. The van der Waals surface area contributed by atoms with Crippen molar-refractivity contribution in [2.75, 3.05) is 18.2 Å². The summed E-state index contributed by atoms with van der Waals surface area (Å²) in [6.07, 6.45) is 0.750. The fourth-order valence-electron chi connectivity index (χ4n) is 1.94. The first kappa shape index (κ1) is 14.0. The average molecular weight is 274 g/mol. The Kier molecular flexibility index (Phi) is 3.98. The number of aryl methyl sites for hydroxylation is 2. The number of nitrogens with one attached hydrogen (secondary N) is 1. The van der Waals surface area contributed by atoms with Gasteiger partial charge in [-0.2, -0.15) is 0 Å². The van der Waals surface area contributed by atoms with Crippen molar-refractivity contribution < 1.29 is 13.9 Å². The molecule has 2 rings (SSSR count). The van der Waals surface area contributed by atoms with Gasteiger partial charge in [0.2, 0.25) is 0 Å². The maximum atomic E-state index is 12.1. The number of nitrogens with two attached hydrogens (primary N) is 1. The van der Waals surface area contributed by atoms with Crippen LogP contribution in [-0.2, 0) is 6.42 Å². The van der Waals surface area contributed by atoms with E-state index in [9.17, 15) is 4.79 Å². The number of hydrogen-bond acceptors (Lipinski definition) is 4. The molecule has 0 unspecified atom stereocenters. The molecule has 1 aromatic heterocycles. The number of anilines is 2. The molecule has 3 N–H and O–H groups in total. The van der Waals surface area contributed by atoms with Gasteiger partial charge >= 0.3 is 0 Å². The highest BCUT2D eigenvalue weighted by atomic mass is 16.5. The highest BCUT2D eigenvalue weighted by Gasteiger charge is 2.15. The summed E-state index contributed by atoms with van der Waals surface area (Å²) in [5, 5.41) is 2.73. The molecule has 0 aliphatic rings. The Morgan fingerprint density at radius 1 is 1.40 bits per heavy atom. The quantitative estimate of drug-likeness (QED) is 0.840. The Bertz CT molecular complexity index is 632. The summed E-state index contributed by atoms with van der Waals surface area (Å²) >= 11 is 0. The van der Waals surface area contributed by atoms with E-state index in [4.69, 9.17) is 14.9 Å². The van der Waals surface area contributed by atoms with Gasteiger partial charge < -0.3 is 20.2 Å². The second-order valence-corrected chi connectivity index (χ2v) is 4.48. The normalized spacial score (nSPS) is 10.3. The van der Waals surface area contributed by atoms with Gasteiger partial charge in [-0.05, 0) is 30.7 Å². The Labute approximate surface area is 117 Å². The number of carbonyl (C=O) groups is 1.